The molecule has 0 atom stereocenters. The van der Waals surface area contributed by atoms with Crippen LogP contribution in [0.4, 0.5) is 11.5 Å². The number of methoxy groups -OCH3 is 2. The van der Waals surface area contributed by atoms with Crippen LogP contribution in [0.2, 0.25) is 0 Å². The topological polar surface area (TPSA) is 111 Å². The number of pyridine rings is 1. The Labute approximate surface area is 194 Å². The molecule has 0 radical (unpaired) electrons. The van der Waals surface area contributed by atoms with Crippen molar-refractivity contribution in [2.45, 2.75) is 6.92 Å². The first kappa shape index (κ1) is 22.5. The molecule has 172 valence electrons. The van der Waals surface area contributed by atoms with Crippen molar-refractivity contribution in [2.75, 3.05) is 45.3 Å². The lowest BCUT2D eigenvalue weighted by Gasteiger charge is -2.35. The van der Waals surface area contributed by atoms with Gasteiger partial charge in [-0.15, -0.1) is 11.3 Å². The molecule has 33 heavy (non-hydrogen) atoms. The van der Waals surface area contributed by atoms with E-state index in [-0.39, 0.29) is 11.6 Å². The monoisotopic (exact) mass is 469 g/mol. The van der Waals surface area contributed by atoms with Crippen LogP contribution in [0.3, 0.4) is 0 Å². The molecule has 10 nitrogen and oxygen atoms in total. The minimum atomic E-state index is -0.471. The molecular weight excluding hydrogens is 446 g/mol. The number of thiazole rings is 1. The Hall–Kier alpha value is -3.73. The zero-order valence-electron chi connectivity index (χ0n) is 18.5. The summed E-state index contributed by atoms with van der Waals surface area (Å²) in [6.07, 6.45) is 1.25. The van der Waals surface area contributed by atoms with E-state index in [0.717, 1.165) is 10.6 Å². The van der Waals surface area contributed by atoms with Gasteiger partial charge >= 0.3 is 0 Å². The molecule has 4 rings (SSSR count). The van der Waals surface area contributed by atoms with Crippen molar-refractivity contribution in [2.24, 2.45) is 0 Å². The van der Waals surface area contributed by atoms with Gasteiger partial charge in [-0.25, -0.2) is 9.97 Å². The third-order valence-electron chi connectivity index (χ3n) is 5.46. The van der Waals surface area contributed by atoms with E-state index in [0.29, 0.717) is 54.1 Å². The second-order valence-electron chi connectivity index (χ2n) is 7.41. The minimum absolute atomic E-state index is 0.0430. The summed E-state index contributed by atoms with van der Waals surface area (Å²) in [5.74, 6) is 1.85. The smallest absolute Gasteiger partial charge is 0.287 e. The number of anilines is 1. The third-order valence-corrected chi connectivity index (χ3v) is 6.65. The number of rotatable bonds is 6. The highest BCUT2D eigenvalue weighted by Crippen LogP contribution is 2.35. The van der Waals surface area contributed by atoms with Crippen LogP contribution in [0.15, 0.2) is 36.5 Å². The predicted molar refractivity (Wildman–Crippen MR) is 124 cm³/mol. The maximum atomic E-state index is 13.2. The van der Waals surface area contributed by atoms with E-state index < -0.39 is 4.92 Å². The van der Waals surface area contributed by atoms with Crippen LogP contribution in [-0.4, -0.2) is 66.1 Å². The van der Waals surface area contributed by atoms with Gasteiger partial charge in [0.2, 0.25) is 0 Å². The molecule has 1 aromatic carbocycles. The van der Waals surface area contributed by atoms with Crippen LogP contribution in [0.1, 0.15) is 15.4 Å². The summed E-state index contributed by atoms with van der Waals surface area (Å²) in [5.41, 5.74) is 1.50. The molecular formula is C22H23N5O5S. The summed E-state index contributed by atoms with van der Waals surface area (Å²) in [4.78, 5) is 36.8. The lowest BCUT2D eigenvalue weighted by atomic mass is 10.2. The zero-order chi connectivity index (χ0) is 23.5. The van der Waals surface area contributed by atoms with Gasteiger partial charge in [0.05, 0.1) is 24.8 Å². The van der Waals surface area contributed by atoms with Crippen molar-refractivity contribution >= 4 is 28.7 Å². The van der Waals surface area contributed by atoms with Crippen molar-refractivity contribution < 1.29 is 19.2 Å². The van der Waals surface area contributed by atoms with Crippen LogP contribution in [0.25, 0.3) is 10.6 Å². The molecule has 1 aliphatic heterocycles. The SMILES string of the molecule is COc1ccc(-c2nc(C)c(C(=O)N3CCN(c4ccc([N+](=O)[O-])cn4)CC3)s2)cc1OC. The Morgan fingerprint density at radius 3 is 2.42 bits per heavy atom. The van der Waals surface area contributed by atoms with E-state index >= 15 is 0 Å². The fourth-order valence-electron chi connectivity index (χ4n) is 3.64. The zero-order valence-corrected chi connectivity index (χ0v) is 19.3. The van der Waals surface area contributed by atoms with Crippen LogP contribution in [0.5, 0.6) is 11.5 Å². The molecule has 11 heteroatoms. The van der Waals surface area contributed by atoms with Gasteiger partial charge in [0.25, 0.3) is 11.6 Å². The van der Waals surface area contributed by atoms with Gasteiger partial charge in [-0.05, 0) is 31.2 Å². The number of benzene rings is 1. The van der Waals surface area contributed by atoms with Crippen molar-refractivity contribution in [3.05, 3.63) is 57.2 Å². The van der Waals surface area contributed by atoms with E-state index in [2.05, 4.69) is 9.97 Å². The largest absolute Gasteiger partial charge is 0.493 e. The second-order valence-corrected chi connectivity index (χ2v) is 8.41. The quantitative estimate of drug-likeness (QED) is 0.399. The molecule has 1 saturated heterocycles. The van der Waals surface area contributed by atoms with E-state index in [4.69, 9.17) is 9.47 Å². The van der Waals surface area contributed by atoms with Gasteiger partial charge in [0, 0.05) is 37.8 Å². The highest BCUT2D eigenvalue weighted by molar-refractivity contribution is 7.17. The molecule has 0 bridgehead atoms. The maximum absolute atomic E-state index is 13.2. The first-order chi connectivity index (χ1) is 15.9. The van der Waals surface area contributed by atoms with Crippen molar-refractivity contribution in [1.29, 1.82) is 0 Å². The molecule has 3 aromatic rings. The van der Waals surface area contributed by atoms with Crippen molar-refractivity contribution in [3.8, 4) is 22.1 Å². The molecule has 2 aromatic heterocycles. The van der Waals surface area contributed by atoms with Crippen LogP contribution in [-0.2, 0) is 0 Å². The van der Waals surface area contributed by atoms with E-state index in [1.807, 2.05) is 30.0 Å². The first-order valence-corrected chi connectivity index (χ1v) is 11.1. The number of carbonyl (C=O) groups excluding carboxylic acids is 1. The second kappa shape index (κ2) is 9.41. The third kappa shape index (κ3) is 4.58. The average molecular weight is 470 g/mol. The van der Waals surface area contributed by atoms with E-state index in [1.54, 1.807) is 25.2 Å². The molecule has 3 heterocycles. The van der Waals surface area contributed by atoms with Crippen LogP contribution >= 0.6 is 11.3 Å². The Bertz CT molecular complexity index is 1170. The average Bonchev–Trinajstić information content (AvgIpc) is 3.24. The standard InChI is InChI=1S/C22H23N5O5S/c1-14-20(33-21(24-14)15-4-6-17(31-2)18(12-15)32-3)22(28)26-10-8-25(9-11-26)19-7-5-16(13-23-19)27(29)30/h4-7,12-13H,8-11H2,1-3H3. The summed E-state index contributed by atoms with van der Waals surface area (Å²) in [5, 5.41) is 11.6. The number of piperazine rings is 1. The number of hydrogen-bond donors (Lipinski definition) is 0. The number of hydrogen-bond acceptors (Lipinski definition) is 9. The Morgan fingerprint density at radius 2 is 1.82 bits per heavy atom. The van der Waals surface area contributed by atoms with Gasteiger partial charge in [0.1, 0.15) is 21.9 Å². The molecule has 1 fully saturated rings. The normalized spacial score (nSPS) is 13.7. The van der Waals surface area contributed by atoms with E-state index in [9.17, 15) is 14.9 Å². The van der Waals surface area contributed by atoms with Crippen LogP contribution < -0.4 is 14.4 Å². The molecule has 0 N–H and O–H groups in total. The molecule has 1 aliphatic rings. The summed E-state index contributed by atoms with van der Waals surface area (Å²) >= 11 is 1.36. The number of aryl methyl sites for hydroxylation is 1. The summed E-state index contributed by atoms with van der Waals surface area (Å²) in [7, 11) is 3.16. The Morgan fingerprint density at radius 1 is 1.09 bits per heavy atom. The highest BCUT2D eigenvalue weighted by atomic mass is 32.1. The number of nitrogens with zero attached hydrogens (tertiary/aromatic N) is 5. The number of ether oxygens (including phenoxy) is 2. The van der Waals surface area contributed by atoms with Crippen molar-refractivity contribution in [1.82, 2.24) is 14.9 Å². The Balaban J connectivity index is 1.45. The fraction of sp³-hybridized carbons (Fsp3) is 0.318. The summed E-state index contributed by atoms with van der Waals surface area (Å²) in [6.45, 7) is 4.08. The van der Waals surface area contributed by atoms with Gasteiger partial charge in [-0.2, -0.15) is 0 Å². The maximum Gasteiger partial charge on any atom is 0.287 e. The fourth-order valence-corrected chi connectivity index (χ4v) is 4.67. The molecule has 0 unspecified atom stereocenters. The number of amides is 1. The van der Waals surface area contributed by atoms with Gasteiger partial charge in [0.15, 0.2) is 11.5 Å². The van der Waals surface area contributed by atoms with Crippen molar-refractivity contribution in [3.63, 3.8) is 0 Å². The first-order valence-electron chi connectivity index (χ1n) is 10.3. The number of carbonyl (C=O) groups is 1. The molecule has 1 amide bonds. The summed E-state index contributed by atoms with van der Waals surface area (Å²) < 4.78 is 10.7. The summed E-state index contributed by atoms with van der Waals surface area (Å²) in [6, 6.07) is 8.64. The Kier molecular flexibility index (Phi) is 6.40. The minimum Gasteiger partial charge on any atom is -0.493 e. The van der Waals surface area contributed by atoms with Gasteiger partial charge < -0.3 is 19.3 Å². The highest BCUT2D eigenvalue weighted by Gasteiger charge is 2.26. The van der Waals surface area contributed by atoms with Gasteiger partial charge in [-0.3, -0.25) is 14.9 Å². The predicted octanol–water partition coefficient (Wildman–Crippen LogP) is 3.40. The van der Waals surface area contributed by atoms with E-state index in [1.165, 1.54) is 23.6 Å². The lowest BCUT2D eigenvalue weighted by Crippen LogP contribution is -2.49. The molecule has 0 spiro atoms. The number of nitro groups is 1. The molecule has 0 saturated carbocycles. The molecule has 0 aliphatic carbocycles. The number of aromatic nitrogens is 2. The van der Waals surface area contributed by atoms with Crippen LogP contribution in [0, 0.1) is 17.0 Å². The lowest BCUT2D eigenvalue weighted by molar-refractivity contribution is -0.385. The van der Waals surface area contributed by atoms with Gasteiger partial charge in [-0.1, -0.05) is 0 Å².